The van der Waals surface area contributed by atoms with Gasteiger partial charge in [0.2, 0.25) is 0 Å². The summed E-state index contributed by atoms with van der Waals surface area (Å²) in [5, 5.41) is 28.2. The lowest BCUT2D eigenvalue weighted by Crippen LogP contribution is -2.50. The van der Waals surface area contributed by atoms with E-state index in [1.165, 1.54) is 96.8 Å². The predicted octanol–water partition coefficient (Wildman–Crippen LogP) is 7.21. The van der Waals surface area contributed by atoms with Crippen LogP contribution in [0.4, 0.5) is 0 Å². The monoisotopic (exact) mass is 633 g/mol. The van der Waals surface area contributed by atoms with E-state index in [2.05, 4.69) is 31.2 Å². The molecule has 0 saturated heterocycles. The SMILES string of the molecule is CCCCC/C=C\CCCCCCCCCC/C=C\CCCCCOC[C@@H](O)COP(=O)([O-])C(C)[N+](C)(C)CCC(O)O. The van der Waals surface area contributed by atoms with Gasteiger partial charge in [-0.1, -0.05) is 89.0 Å². The zero-order chi connectivity index (χ0) is 32.2. The quantitative estimate of drug-likeness (QED) is 0.0243. The molecule has 2 unspecified atom stereocenters. The molecule has 0 aliphatic heterocycles. The first-order chi connectivity index (χ1) is 20.5. The Kier molecular flexibility index (Phi) is 27.3. The van der Waals surface area contributed by atoms with Crippen LogP contribution in [-0.4, -0.2) is 78.4 Å². The minimum Gasteiger partial charge on any atom is -0.774 e. The number of aliphatic hydroxyl groups is 3. The van der Waals surface area contributed by atoms with Gasteiger partial charge >= 0.3 is 0 Å². The number of quaternary nitrogens is 1. The molecule has 3 N–H and O–H groups in total. The summed E-state index contributed by atoms with van der Waals surface area (Å²) >= 11 is 0. The standard InChI is InChI=1S/C34H68NO7P/c1-5-6-7-8-9-10-11-12-13-14-15-16-17-18-19-20-21-22-23-24-25-26-29-41-30-33(36)31-42-43(39,40)32(2)35(3,4)28-27-34(37)38/h9-10,21-22,32-34,36-38H,5-8,11-20,23-31H2,1-4H3/b10-9-,22-21-/t32?,33-/m1/s1. The minimum absolute atomic E-state index is 0.0260. The van der Waals surface area contributed by atoms with Crippen molar-refractivity contribution >= 4 is 7.60 Å². The molecule has 0 saturated carbocycles. The van der Waals surface area contributed by atoms with Gasteiger partial charge in [-0.25, -0.2) is 0 Å². The van der Waals surface area contributed by atoms with E-state index < -0.39 is 25.8 Å². The largest absolute Gasteiger partial charge is 0.774 e. The molecular formula is C34H68NO7P. The third kappa shape index (κ3) is 26.4. The highest BCUT2D eigenvalue weighted by Gasteiger charge is 2.34. The first-order valence-electron chi connectivity index (χ1n) is 17.2. The highest BCUT2D eigenvalue weighted by Crippen LogP contribution is 2.46. The molecule has 0 aliphatic rings. The third-order valence-corrected chi connectivity index (χ3v) is 10.2. The van der Waals surface area contributed by atoms with E-state index in [0.717, 1.165) is 25.7 Å². The Morgan fingerprint density at radius 3 is 1.63 bits per heavy atom. The van der Waals surface area contributed by atoms with Crippen LogP contribution in [0.2, 0.25) is 0 Å². The van der Waals surface area contributed by atoms with Crippen molar-refractivity contribution in [3.05, 3.63) is 24.3 Å². The zero-order valence-corrected chi connectivity index (χ0v) is 29.1. The summed E-state index contributed by atoms with van der Waals surface area (Å²) in [5.74, 6) is -0.893. The summed E-state index contributed by atoms with van der Waals surface area (Å²) in [4.78, 5) is 12.5. The van der Waals surface area contributed by atoms with Crippen LogP contribution in [0.1, 0.15) is 136 Å². The first kappa shape index (κ1) is 42.4. The Balaban J connectivity index is 3.59. The van der Waals surface area contributed by atoms with Crippen LogP contribution in [0.15, 0.2) is 24.3 Å². The van der Waals surface area contributed by atoms with Gasteiger partial charge in [0.15, 0.2) is 13.9 Å². The Morgan fingerprint density at radius 1 is 0.721 bits per heavy atom. The van der Waals surface area contributed by atoms with Gasteiger partial charge in [0.05, 0.1) is 33.9 Å². The van der Waals surface area contributed by atoms with Crippen LogP contribution in [0, 0.1) is 0 Å². The Morgan fingerprint density at radius 2 is 1.16 bits per heavy atom. The Hall–Kier alpha value is -0.570. The normalized spacial score (nSPS) is 15.6. The Bertz CT molecular complexity index is 730. The van der Waals surface area contributed by atoms with Crippen LogP contribution >= 0.6 is 7.60 Å². The van der Waals surface area contributed by atoms with Crippen molar-refractivity contribution in [1.82, 2.24) is 0 Å². The molecule has 0 amide bonds. The summed E-state index contributed by atoms with van der Waals surface area (Å²) in [5.41, 5.74) is 0. The molecule has 0 bridgehead atoms. The molecule has 0 aliphatic carbocycles. The van der Waals surface area contributed by atoms with E-state index in [9.17, 15) is 14.6 Å². The molecule has 3 atom stereocenters. The van der Waals surface area contributed by atoms with Gasteiger partial charge in [-0.05, 0) is 64.7 Å². The van der Waals surface area contributed by atoms with Crippen molar-refractivity contribution in [3.8, 4) is 0 Å². The van der Waals surface area contributed by atoms with E-state index in [1.54, 1.807) is 14.1 Å². The molecule has 0 aromatic heterocycles. The second kappa shape index (κ2) is 27.7. The van der Waals surface area contributed by atoms with E-state index in [-0.39, 0.29) is 30.7 Å². The number of hydrogen-bond donors (Lipinski definition) is 3. The highest BCUT2D eigenvalue weighted by molar-refractivity contribution is 7.51. The maximum Gasteiger partial charge on any atom is 0.192 e. The van der Waals surface area contributed by atoms with Crippen LogP contribution in [0.3, 0.4) is 0 Å². The van der Waals surface area contributed by atoms with Gasteiger partial charge in [0.1, 0.15) is 11.9 Å². The molecule has 256 valence electrons. The molecule has 8 nitrogen and oxygen atoms in total. The summed E-state index contributed by atoms with van der Waals surface area (Å²) in [6.07, 6.45) is 29.5. The highest BCUT2D eigenvalue weighted by atomic mass is 31.2. The zero-order valence-electron chi connectivity index (χ0n) is 28.2. The van der Waals surface area contributed by atoms with E-state index in [1.807, 2.05) is 0 Å². The average molecular weight is 634 g/mol. The average Bonchev–Trinajstić information content (AvgIpc) is 2.97. The van der Waals surface area contributed by atoms with E-state index in [0.29, 0.717) is 6.61 Å². The molecule has 0 aromatic carbocycles. The van der Waals surface area contributed by atoms with Crippen molar-refractivity contribution in [1.29, 1.82) is 0 Å². The number of aliphatic hydroxyl groups excluding tert-OH is 2. The van der Waals surface area contributed by atoms with Crippen molar-refractivity contribution in [2.75, 3.05) is 40.5 Å². The third-order valence-electron chi connectivity index (χ3n) is 8.15. The molecule has 0 fully saturated rings. The number of ether oxygens (including phenoxy) is 1. The molecular weight excluding hydrogens is 565 g/mol. The van der Waals surface area contributed by atoms with Gasteiger partial charge in [-0.15, -0.1) is 0 Å². The molecule has 0 heterocycles. The fourth-order valence-electron chi connectivity index (χ4n) is 4.79. The van der Waals surface area contributed by atoms with Gasteiger partial charge in [-0.3, -0.25) is 0 Å². The van der Waals surface area contributed by atoms with Gasteiger partial charge < -0.3 is 38.5 Å². The number of unbranched alkanes of at least 4 members (excludes halogenated alkanes) is 15. The summed E-state index contributed by atoms with van der Waals surface area (Å²) in [6, 6.07) is 0. The van der Waals surface area contributed by atoms with Crippen LogP contribution in [0.5, 0.6) is 0 Å². The number of hydrogen-bond acceptors (Lipinski definition) is 7. The van der Waals surface area contributed by atoms with Crippen molar-refractivity contribution in [2.45, 2.75) is 154 Å². The van der Waals surface area contributed by atoms with Crippen molar-refractivity contribution < 1.29 is 38.5 Å². The number of nitrogens with zero attached hydrogens (tertiary/aromatic N) is 1. The summed E-state index contributed by atoms with van der Waals surface area (Å²) in [7, 11) is -0.885. The maximum atomic E-state index is 12.5. The van der Waals surface area contributed by atoms with Gasteiger partial charge in [-0.2, -0.15) is 0 Å². The number of rotatable bonds is 31. The van der Waals surface area contributed by atoms with E-state index >= 15 is 0 Å². The molecule has 43 heavy (non-hydrogen) atoms. The van der Waals surface area contributed by atoms with Crippen LogP contribution in [0.25, 0.3) is 0 Å². The Labute approximate surface area is 264 Å². The minimum atomic E-state index is -4.27. The fourth-order valence-corrected chi connectivity index (χ4v) is 6.27. The van der Waals surface area contributed by atoms with E-state index in [4.69, 9.17) is 19.5 Å². The topological polar surface area (TPSA) is 119 Å². The molecule has 0 rings (SSSR count). The maximum absolute atomic E-state index is 12.5. The smallest absolute Gasteiger partial charge is 0.192 e. The second-order valence-corrected chi connectivity index (χ2v) is 14.7. The lowest BCUT2D eigenvalue weighted by molar-refractivity contribution is -0.902. The molecule has 9 heteroatoms. The molecule has 0 spiro atoms. The second-order valence-electron chi connectivity index (χ2n) is 12.7. The lowest BCUT2D eigenvalue weighted by atomic mass is 10.1. The van der Waals surface area contributed by atoms with Crippen LogP contribution < -0.4 is 4.89 Å². The lowest BCUT2D eigenvalue weighted by Gasteiger charge is -2.42. The molecule has 0 aromatic rings. The first-order valence-corrected chi connectivity index (χ1v) is 18.8. The van der Waals surface area contributed by atoms with Gasteiger partial charge in [0, 0.05) is 13.0 Å². The summed E-state index contributed by atoms with van der Waals surface area (Å²) < 4.78 is 23.1. The van der Waals surface area contributed by atoms with Crippen LogP contribution in [-0.2, 0) is 13.8 Å². The number of allylic oxidation sites excluding steroid dienone is 4. The molecule has 0 radical (unpaired) electrons. The summed E-state index contributed by atoms with van der Waals surface area (Å²) in [6.45, 7) is 4.24. The fraction of sp³-hybridized carbons (Fsp3) is 0.882. The van der Waals surface area contributed by atoms with Crippen molar-refractivity contribution in [3.63, 3.8) is 0 Å². The van der Waals surface area contributed by atoms with Crippen molar-refractivity contribution in [2.24, 2.45) is 0 Å². The predicted molar refractivity (Wildman–Crippen MR) is 177 cm³/mol. The van der Waals surface area contributed by atoms with Gasteiger partial charge in [0.25, 0.3) is 0 Å².